The van der Waals surface area contributed by atoms with Gasteiger partial charge in [-0.05, 0) is 34.2 Å². The second-order valence-electron chi connectivity index (χ2n) is 2.31. The van der Waals surface area contributed by atoms with Gasteiger partial charge in [0.15, 0.2) is 0 Å². The van der Waals surface area contributed by atoms with Crippen molar-refractivity contribution in [3.63, 3.8) is 0 Å². The summed E-state index contributed by atoms with van der Waals surface area (Å²) in [5.41, 5.74) is 5.03. The monoisotopic (exact) mass is 302 g/mol. The van der Waals surface area contributed by atoms with Crippen LogP contribution in [0.15, 0.2) is 6.07 Å². The lowest BCUT2D eigenvalue weighted by atomic mass is 10.1. The Labute approximate surface area is 86.5 Å². The van der Waals surface area contributed by atoms with Crippen LogP contribution >= 0.6 is 22.6 Å². The molecule has 0 amide bonds. The van der Waals surface area contributed by atoms with Crippen LogP contribution in [0.5, 0.6) is 0 Å². The summed E-state index contributed by atoms with van der Waals surface area (Å²) in [6.45, 7) is -0.116. The second-order valence-corrected chi connectivity index (χ2v) is 3.34. The zero-order valence-electron chi connectivity index (χ0n) is 6.40. The lowest BCUT2D eigenvalue weighted by molar-refractivity contribution is 0.148. The third kappa shape index (κ3) is 2.31. The van der Waals surface area contributed by atoms with Crippen molar-refractivity contribution in [2.24, 2.45) is 5.73 Å². The van der Waals surface area contributed by atoms with Crippen LogP contribution in [0.1, 0.15) is 17.6 Å². The zero-order chi connectivity index (χ0) is 10.0. The van der Waals surface area contributed by atoms with Crippen LogP contribution in [0.25, 0.3) is 0 Å². The van der Waals surface area contributed by atoms with Crippen LogP contribution in [-0.2, 0) is 6.54 Å². The molecule has 0 aliphatic rings. The van der Waals surface area contributed by atoms with Crippen LogP contribution in [0.2, 0.25) is 0 Å². The molecule has 0 atom stereocenters. The summed E-state index contributed by atoms with van der Waals surface area (Å²) in [5.74, 6) is -0.783. The van der Waals surface area contributed by atoms with Crippen molar-refractivity contribution in [2.75, 3.05) is 0 Å². The molecule has 2 N–H and O–H groups in total. The van der Waals surface area contributed by atoms with E-state index in [1.807, 2.05) is 0 Å². The Morgan fingerprint density at radius 1 is 1.54 bits per heavy atom. The van der Waals surface area contributed by atoms with Gasteiger partial charge in [-0.15, -0.1) is 0 Å². The number of nitrogens with two attached hydrogens (primary N) is 1. The van der Waals surface area contributed by atoms with Crippen molar-refractivity contribution in [2.45, 2.75) is 13.0 Å². The Hall–Kier alpha value is -0.370. The number of hydrogen-bond acceptors (Lipinski definition) is 2. The normalized spacial score (nSPS) is 10.9. The van der Waals surface area contributed by atoms with Crippen molar-refractivity contribution in [1.82, 2.24) is 4.98 Å². The Bertz CT molecular complexity index is 317. The maximum absolute atomic E-state index is 12.6. The summed E-state index contributed by atoms with van der Waals surface area (Å²) < 4.78 is 37.4. The fourth-order valence-corrected chi connectivity index (χ4v) is 1.75. The fourth-order valence-electron chi connectivity index (χ4n) is 0.939. The van der Waals surface area contributed by atoms with Gasteiger partial charge in [-0.1, -0.05) is 0 Å². The highest BCUT2D eigenvalue weighted by Crippen LogP contribution is 2.26. The summed E-state index contributed by atoms with van der Waals surface area (Å²) in [5, 5.41) is 0. The molecule has 13 heavy (non-hydrogen) atoms. The van der Waals surface area contributed by atoms with E-state index in [2.05, 4.69) is 4.98 Å². The minimum absolute atomic E-state index is 0.0342. The minimum Gasteiger partial charge on any atom is -0.326 e. The summed E-state index contributed by atoms with van der Waals surface area (Å²) >= 11 is 1.56. The van der Waals surface area contributed by atoms with Gasteiger partial charge < -0.3 is 5.73 Å². The van der Waals surface area contributed by atoms with E-state index >= 15 is 0 Å². The molecule has 0 unspecified atom stereocenters. The average Bonchev–Trinajstić information content (AvgIpc) is 2.01. The van der Waals surface area contributed by atoms with Crippen molar-refractivity contribution in [3.05, 3.63) is 26.8 Å². The quantitative estimate of drug-likeness (QED) is 0.672. The highest BCUT2D eigenvalue weighted by atomic mass is 127. The molecule has 1 heterocycles. The minimum atomic E-state index is -2.67. The molecule has 0 aliphatic heterocycles. The average molecular weight is 302 g/mol. The van der Waals surface area contributed by atoms with E-state index < -0.39 is 12.4 Å². The van der Waals surface area contributed by atoms with Gasteiger partial charge in [0.2, 0.25) is 5.95 Å². The first-order valence-corrected chi connectivity index (χ1v) is 4.47. The summed E-state index contributed by atoms with van der Waals surface area (Å²) in [7, 11) is 0. The third-order valence-corrected chi connectivity index (χ3v) is 2.33. The van der Waals surface area contributed by atoms with Gasteiger partial charge in [-0.25, -0.2) is 13.8 Å². The summed E-state index contributed by atoms with van der Waals surface area (Å²) in [6, 6.07) is 0.934. The van der Waals surface area contributed by atoms with Gasteiger partial charge >= 0.3 is 0 Å². The van der Waals surface area contributed by atoms with E-state index in [1.165, 1.54) is 0 Å². The molecule has 0 saturated carbocycles. The molecule has 1 rings (SSSR count). The predicted molar refractivity (Wildman–Crippen MR) is 49.8 cm³/mol. The molecule has 0 bridgehead atoms. The van der Waals surface area contributed by atoms with E-state index in [0.717, 1.165) is 6.07 Å². The topological polar surface area (TPSA) is 38.9 Å². The van der Waals surface area contributed by atoms with Gasteiger partial charge in [0, 0.05) is 6.54 Å². The van der Waals surface area contributed by atoms with E-state index in [0.29, 0.717) is 0 Å². The molecule has 0 radical (unpaired) electrons. The molecule has 0 spiro atoms. The van der Waals surface area contributed by atoms with E-state index in [4.69, 9.17) is 5.73 Å². The predicted octanol–water partition coefficient (Wildman–Crippen LogP) is 2.22. The molecule has 0 aliphatic carbocycles. The number of nitrogens with zero attached hydrogens (tertiary/aromatic N) is 1. The van der Waals surface area contributed by atoms with E-state index in [1.54, 1.807) is 22.6 Å². The maximum Gasteiger partial charge on any atom is 0.266 e. The Morgan fingerprint density at radius 3 is 2.62 bits per heavy atom. The molecule has 1 aromatic heterocycles. The summed E-state index contributed by atoms with van der Waals surface area (Å²) in [4.78, 5) is 3.29. The Kier molecular flexibility index (Phi) is 3.48. The number of rotatable bonds is 2. The highest BCUT2D eigenvalue weighted by molar-refractivity contribution is 14.1. The second kappa shape index (κ2) is 4.23. The molecular weight excluding hydrogens is 296 g/mol. The van der Waals surface area contributed by atoms with Gasteiger partial charge in [0.1, 0.15) is 3.70 Å². The van der Waals surface area contributed by atoms with Crippen molar-refractivity contribution >= 4 is 22.6 Å². The number of alkyl halides is 2. The molecule has 72 valence electrons. The number of halogens is 4. The highest BCUT2D eigenvalue weighted by Gasteiger charge is 2.18. The molecule has 0 saturated heterocycles. The van der Waals surface area contributed by atoms with Crippen LogP contribution in [-0.4, -0.2) is 4.98 Å². The van der Waals surface area contributed by atoms with Crippen LogP contribution in [0, 0.1) is 9.65 Å². The molecule has 0 fully saturated rings. The fraction of sp³-hybridized carbons (Fsp3) is 0.286. The maximum atomic E-state index is 12.6. The summed E-state index contributed by atoms with van der Waals surface area (Å²) in [6.07, 6.45) is -2.67. The molecule has 1 aromatic rings. The molecule has 0 aromatic carbocycles. The van der Waals surface area contributed by atoms with Gasteiger partial charge in [-0.3, -0.25) is 0 Å². The third-order valence-electron chi connectivity index (χ3n) is 1.50. The zero-order valence-corrected chi connectivity index (χ0v) is 8.56. The first-order valence-electron chi connectivity index (χ1n) is 3.39. The number of aromatic nitrogens is 1. The number of pyridine rings is 1. The smallest absolute Gasteiger partial charge is 0.266 e. The van der Waals surface area contributed by atoms with Crippen LogP contribution in [0.3, 0.4) is 0 Å². The largest absolute Gasteiger partial charge is 0.326 e. The first-order chi connectivity index (χ1) is 6.06. The van der Waals surface area contributed by atoms with E-state index in [-0.39, 0.29) is 21.4 Å². The van der Waals surface area contributed by atoms with Gasteiger partial charge in [-0.2, -0.15) is 4.39 Å². The van der Waals surface area contributed by atoms with Gasteiger partial charge in [0.25, 0.3) is 6.43 Å². The van der Waals surface area contributed by atoms with Gasteiger partial charge in [0.05, 0.1) is 5.56 Å². The number of hydrogen-bond donors (Lipinski definition) is 1. The lowest BCUT2D eigenvalue weighted by Crippen LogP contribution is -2.07. The van der Waals surface area contributed by atoms with Crippen LogP contribution in [0.4, 0.5) is 13.2 Å². The molecule has 2 nitrogen and oxygen atoms in total. The lowest BCUT2D eigenvalue weighted by Gasteiger charge is -2.08. The van der Waals surface area contributed by atoms with Crippen molar-refractivity contribution < 1.29 is 13.2 Å². The molecular formula is C7H6F3IN2. The Morgan fingerprint density at radius 2 is 2.15 bits per heavy atom. The standard InChI is InChI=1S/C7H6F3IN2/c8-4-1-3(2-12)5(6(9)10)7(11)13-4/h1,6H,2,12H2. The van der Waals surface area contributed by atoms with Crippen molar-refractivity contribution in [1.29, 1.82) is 0 Å². The SMILES string of the molecule is NCc1cc(F)nc(I)c1C(F)F. The van der Waals surface area contributed by atoms with Crippen molar-refractivity contribution in [3.8, 4) is 0 Å². The van der Waals surface area contributed by atoms with Crippen LogP contribution < -0.4 is 5.73 Å². The molecule has 6 heteroatoms. The van der Waals surface area contributed by atoms with E-state index in [9.17, 15) is 13.2 Å². The first kappa shape index (κ1) is 10.7. The Balaban J connectivity index is 3.30.